The highest BCUT2D eigenvalue weighted by atomic mass is 19.1. The van der Waals surface area contributed by atoms with Gasteiger partial charge in [0.15, 0.2) is 11.5 Å². The second-order valence-corrected chi connectivity index (χ2v) is 7.36. The molecular formula is C25H26FNO3. The zero-order valence-corrected chi connectivity index (χ0v) is 17.1. The third kappa shape index (κ3) is 5.30. The zero-order valence-electron chi connectivity index (χ0n) is 17.1. The average molecular weight is 407 g/mol. The van der Waals surface area contributed by atoms with Gasteiger partial charge in [-0.3, -0.25) is 4.90 Å². The van der Waals surface area contributed by atoms with Crippen LogP contribution in [0.4, 0.5) is 4.39 Å². The van der Waals surface area contributed by atoms with Crippen LogP contribution in [0.3, 0.4) is 0 Å². The van der Waals surface area contributed by atoms with Crippen LogP contribution in [-0.4, -0.2) is 24.8 Å². The van der Waals surface area contributed by atoms with Crippen molar-refractivity contribution in [1.82, 2.24) is 4.90 Å². The van der Waals surface area contributed by atoms with Crippen LogP contribution in [-0.2, 0) is 19.5 Å². The first-order valence-electron chi connectivity index (χ1n) is 10.3. The number of benzene rings is 3. The summed E-state index contributed by atoms with van der Waals surface area (Å²) in [6.07, 6.45) is 0.864. The number of hydrogen-bond donors (Lipinski definition) is 0. The summed E-state index contributed by atoms with van der Waals surface area (Å²) in [6, 6.07) is 21.1. The maximum Gasteiger partial charge on any atom is 0.231 e. The molecule has 0 spiro atoms. The van der Waals surface area contributed by atoms with Gasteiger partial charge in [0.25, 0.3) is 0 Å². The van der Waals surface area contributed by atoms with Crippen molar-refractivity contribution in [2.75, 3.05) is 19.9 Å². The fraction of sp³-hybridized carbons (Fsp3) is 0.280. The molecule has 5 heteroatoms. The molecule has 0 atom stereocenters. The van der Waals surface area contributed by atoms with Crippen molar-refractivity contribution in [3.8, 4) is 17.2 Å². The minimum absolute atomic E-state index is 0.204. The van der Waals surface area contributed by atoms with Gasteiger partial charge in [0.1, 0.15) is 11.6 Å². The molecule has 0 N–H and O–H groups in total. The van der Waals surface area contributed by atoms with Crippen LogP contribution in [0.15, 0.2) is 66.7 Å². The smallest absolute Gasteiger partial charge is 0.231 e. The van der Waals surface area contributed by atoms with Crippen molar-refractivity contribution >= 4 is 0 Å². The predicted octanol–water partition coefficient (Wildman–Crippen LogP) is 5.20. The SMILES string of the molecule is CCOc1ccc(CN(CCc2ccc3c(c2)OCO3)Cc2cccc(F)c2)cc1. The molecule has 0 fully saturated rings. The first-order valence-corrected chi connectivity index (χ1v) is 10.3. The monoisotopic (exact) mass is 407 g/mol. The molecule has 0 amide bonds. The Morgan fingerprint density at radius 3 is 2.43 bits per heavy atom. The highest BCUT2D eigenvalue weighted by Gasteiger charge is 2.14. The number of ether oxygens (including phenoxy) is 3. The molecule has 4 rings (SSSR count). The van der Waals surface area contributed by atoms with Crippen LogP contribution in [0.2, 0.25) is 0 Å². The van der Waals surface area contributed by atoms with E-state index in [0.29, 0.717) is 13.2 Å². The summed E-state index contributed by atoms with van der Waals surface area (Å²) >= 11 is 0. The van der Waals surface area contributed by atoms with E-state index >= 15 is 0 Å². The fourth-order valence-corrected chi connectivity index (χ4v) is 3.61. The lowest BCUT2D eigenvalue weighted by Crippen LogP contribution is -2.25. The van der Waals surface area contributed by atoms with Crippen molar-refractivity contribution < 1.29 is 18.6 Å². The minimum Gasteiger partial charge on any atom is -0.494 e. The number of halogens is 1. The van der Waals surface area contributed by atoms with E-state index in [1.54, 1.807) is 12.1 Å². The molecule has 0 saturated heterocycles. The van der Waals surface area contributed by atoms with Crippen molar-refractivity contribution in [1.29, 1.82) is 0 Å². The van der Waals surface area contributed by atoms with Gasteiger partial charge in [-0.1, -0.05) is 30.3 Å². The lowest BCUT2D eigenvalue weighted by molar-refractivity contribution is 0.174. The Labute approximate surface area is 176 Å². The largest absolute Gasteiger partial charge is 0.494 e. The topological polar surface area (TPSA) is 30.9 Å². The highest BCUT2D eigenvalue weighted by molar-refractivity contribution is 5.44. The molecule has 0 bridgehead atoms. The van der Waals surface area contributed by atoms with Gasteiger partial charge in [-0.15, -0.1) is 0 Å². The predicted molar refractivity (Wildman–Crippen MR) is 114 cm³/mol. The Kier molecular flexibility index (Phi) is 6.50. The summed E-state index contributed by atoms with van der Waals surface area (Å²) in [4.78, 5) is 2.33. The third-order valence-corrected chi connectivity index (χ3v) is 5.09. The molecule has 3 aromatic carbocycles. The molecule has 0 aliphatic carbocycles. The molecule has 0 radical (unpaired) electrons. The first kappa shape index (κ1) is 20.2. The molecule has 0 aromatic heterocycles. The van der Waals surface area contributed by atoms with E-state index in [9.17, 15) is 4.39 Å². The van der Waals surface area contributed by atoms with Gasteiger partial charge in [0.2, 0.25) is 6.79 Å². The highest BCUT2D eigenvalue weighted by Crippen LogP contribution is 2.32. The average Bonchev–Trinajstić information content (AvgIpc) is 3.21. The fourth-order valence-electron chi connectivity index (χ4n) is 3.61. The Morgan fingerprint density at radius 1 is 0.867 bits per heavy atom. The van der Waals surface area contributed by atoms with Crippen LogP contribution in [0.25, 0.3) is 0 Å². The van der Waals surface area contributed by atoms with E-state index in [0.717, 1.165) is 42.3 Å². The summed E-state index contributed by atoms with van der Waals surface area (Å²) in [5, 5.41) is 0. The summed E-state index contributed by atoms with van der Waals surface area (Å²) in [5.41, 5.74) is 3.35. The van der Waals surface area contributed by atoms with E-state index in [4.69, 9.17) is 14.2 Å². The van der Waals surface area contributed by atoms with Gasteiger partial charge in [-0.05, 0) is 66.4 Å². The molecule has 4 nitrogen and oxygen atoms in total. The molecule has 0 unspecified atom stereocenters. The minimum atomic E-state index is -0.204. The molecule has 0 saturated carbocycles. The van der Waals surface area contributed by atoms with Gasteiger partial charge >= 0.3 is 0 Å². The summed E-state index contributed by atoms with van der Waals surface area (Å²) < 4.78 is 30.1. The molecule has 1 aliphatic rings. The van der Waals surface area contributed by atoms with Gasteiger partial charge in [0, 0.05) is 19.6 Å². The van der Waals surface area contributed by atoms with Crippen molar-refractivity contribution in [3.63, 3.8) is 0 Å². The lowest BCUT2D eigenvalue weighted by Gasteiger charge is -2.23. The van der Waals surface area contributed by atoms with Crippen LogP contribution in [0, 0.1) is 5.82 Å². The van der Waals surface area contributed by atoms with Gasteiger partial charge in [0.05, 0.1) is 6.61 Å². The second kappa shape index (κ2) is 9.63. The summed E-state index contributed by atoms with van der Waals surface area (Å²) in [6.45, 7) is 5.19. The Hall–Kier alpha value is -3.05. The lowest BCUT2D eigenvalue weighted by atomic mass is 10.1. The van der Waals surface area contributed by atoms with Gasteiger partial charge in [-0.2, -0.15) is 0 Å². The van der Waals surface area contributed by atoms with Crippen LogP contribution >= 0.6 is 0 Å². The molecule has 1 aliphatic heterocycles. The first-order chi connectivity index (χ1) is 14.7. The zero-order chi connectivity index (χ0) is 20.8. The van der Waals surface area contributed by atoms with Crippen molar-refractivity contribution in [3.05, 3.63) is 89.2 Å². The van der Waals surface area contributed by atoms with E-state index in [2.05, 4.69) is 23.1 Å². The normalized spacial score (nSPS) is 12.4. The summed E-state index contributed by atoms with van der Waals surface area (Å²) in [7, 11) is 0. The van der Waals surface area contributed by atoms with Gasteiger partial charge < -0.3 is 14.2 Å². The number of fused-ring (bicyclic) bond motifs is 1. The van der Waals surface area contributed by atoms with Crippen LogP contribution in [0.5, 0.6) is 17.2 Å². The van der Waals surface area contributed by atoms with Crippen molar-refractivity contribution in [2.24, 2.45) is 0 Å². The maximum absolute atomic E-state index is 13.7. The number of nitrogens with zero attached hydrogens (tertiary/aromatic N) is 1. The molecule has 30 heavy (non-hydrogen) atoms. The third-order valence-electron chi connectivity index (χ3n) is 5.09. The van der Waals surface area contributed by atoms with E-state index < -0.39 is 0 Å². The summed E-state index contributed by atoms with van der Waals surface area (Å²) in [5.74, 6) is 2.27. The number of rotatable bonds is 9. The molecule has 1 heterocycles. The van der Waals surface area contributed by atoms with E-state index in [1.165, 1.54) is 17.2 Å². The standard InChI is InChI=1S/C25H26FNO3/c1-2-28-23-9-6-20(7-10-23)16-27(17-21-4-3-5-22(26)14-21)13-12-19-8-11-24-25(15-19)30-18-29-24/h3-11,14-15H,2,12-13,16-18H2,1H3. The number of hydrogen-bond acceptors (Lipinski definition) is 4. The van der Waals surface area contributed by atoms with Crippen LogP contribution in [0.1, 0.15) is 23.6 Å². The van der Waals surface area contributed by atoms with Gasteiger partial charge in [-0.25, -0.2) is 4.39 Å². The van der Waals surface area contributed by atoms with Crippen LogP contribution < -0.4 is 14.2 Å². The Balaban J connectivity index is 1.46. The van der Waals surface area contributed by atoms with Crippen molar-refractivity contribution in [2.45, 2.75) is 26.4 Å². The molecule has 3 aromatic rings. The Bertz CT molecular complexity index is 974. The maximum atomic E-state index is 13.7. The van der Waals surface area contributed by atoms with E-state index in [1.807, 2.05) is 37.3 Å². The molecular weight excluding hydrogens is 381 g/mol. The Morgan fingerprint density at radius 2 is 1.63 bits per heavy atom. The quantitative estimate of drug-likeness (QED) is 0.488. The second-order valence-electron chi connectivity index (χ2n) is 7.36. The molecule has 156 valence electrons. The van der Waals surface area contributed by atoms with E-state index in [-0.39, 0.29) is 12.6 Å².